The molecule has 1 heterocycles. The van der Waals surface area contributed by atoms with E-state index in [1.807, 2.05) is 42.5 Å². The van der Waals surface area contributed by atoms with Gasteiger partial charge in [-0.05, 0) is 49.1 Å². The smallest absolute Gasteiger partial charge is 0.225 e. The summed E-state index contributed by atoms with van der Waals surface area (Å²) in [6.45, 7) is 0. The standard InChI is InChI=1S/C19H18N2O2/c20-19-17-11-5-10-16(18(17)21-23-19)13-6-4-9-15(12-13)22-14-7-2-1-3-8-14/h1-4,6-9,12,16H,5,10-11,20H2. The second-order valence-electron chi connectivity index (χ2n) is 5.84. The van der Waals surface area contributed by atoms with Gasteiger partial charge >= 0.3 is 0 Å². The zero-order valence-corrected chi connectivity index (χ0v) is 12.7. The first-order valence-corrected chi connectivity index (χ1v) is 7.88. The van der Waals surface area contributed by atoms with Crippen molar-refractivity contribution in [2.45, 2.75) is 25.2 Å². The molecule has 116 valence electrons. The minimum atomic E-state index is 0.221. The van der Waals surface area contributed by atoms with Gasteiger partial charge < -0.3 is 15.0 Å². The highest BCUT2D eigenvalue weighted by Crippen LogP contribution is 2.39. The molecule has 1 aromatic heterocycles. The van der Waals surface area contributed by atoms with E-state index in [4.69, 9.17) is 15.0 Å². The molecule has 4 heteroatoms. The Bertz CT molecular complexity index is 811. The number of rotatable bonds is 3. The van der Waals surface area contributed by atoms with E-state index in [-0.39, 0.29) is 5.92 Å². The number of benzene rings is 2. The van der Waals surface area contributed by atoms with Gasteiger partial charge in [0.1, 0.15) is 11.5 Å². The number of nitrogens with two attached hydrogens (primary N) is 1. The number of para-hydroxylation sites is 1. The van der Waals surface area contributed by atoms with Crippen molar-refractivity contribution in [1.29, 1.82) is 0 Å². The van der Waals surface area contributed by atoms with Gasteiger partial charge in [-0.2, -0.15) is 0 Å². The number of hydrogen-bond acceptors (Lipinski definition) is 4. The number of ether oxygens (including phenoxy) is 1. The topological polar surface area (TPSA) is 61.3 Å². The largest absolute Gasteiger partial charge is 0.457 e. The van der Waals surface area contributed by atoms with E-state index in [9.17, 15) is 0 Å². The zero-order chi connectivity index (χ0) is 15.6. The molecule has 0 spiro atoms. The van der Waals surface area contributed by atoms with Gasteiger partial charge in [-0.1, -0.05) is 35.5 Å². The molecule has 3 aromatic rings. The van der Waals surface area contributed by atoms with Gasteiger partial charge in [0.25, 0.3) is 0 Å². The Morgan fingerprint density at radius 3 is 2.74 bits per heavy atom. The van der Waals surface area contributed by atoms with Crippen molar-refractivity contribution in [3.05, 3.63) is 71.4 Å². The minimum absolute atomic E-state index is 0.221. The van der Waals surface area contributed by atoms with E-state index in [1.165, 1.54) is 5.56 Å². The first kappa shape index (κ1) is 13.9. The monoisotopic (exact) mass is 306 g/mol. The van der Waals surface area contributed by atoms with Crippen LogP contribution in [0, 0.1) is 0 Å². The maximum atomic E-state index is 5.93. The third-order valence-electron chi connectivity index (χ3n) is 4.34. The van der Waals surface area contributed by atoms with Gasteiger partial charge in [-0.15, -0.1) is 0 Å². The van der Waals surface area contributed by atoms with Gasteiger partial charge in [0.15, 0.2) is 0 Å². The third-order valence-corrected chi connectivity index (χ3v) is 4.34. The van der Waals surface area contributed by atoms with E-state index in [2.05, 4.69) is 17.3 Å². The number of nitrogens with zero attached hydrogens (tertiary/aromatic N) is 1. The molecule has 1 atom stereocenters. The highest BCUT2D eigenvalue weighted by atomic mass is 16.5. The highest BCUT2D eigenvalue weighted by Gasteiger charge is 2.28. The maximum absolute atomic E-state index is 5.93. The van der Waals surface area contributed by atoms with Crippen LogP contribution in [-0.4, -0.2) is 5.16 Å². The van der Waals surface area contributed by atoms with Crippen LogP contribution in [0.3, 0.4) is 0 Å². The van der Waals surface area contributed by atoms with Crippen LogP contribution < -0.4 is 10.5 Å². The van der Waals surface area contributed by atoms with Crippen LogP contribution in [0.1, 0.15) is 35.6 Å². The molecule has 0 fully saturated rings. The Hall–Kier alpha value is -2.75. The molecule has 1 aliphatic carbocycles. The lowest BCUT2D eigenvalue weighted by atomic mass is 9.83. The molecule has 4 rings (SSSR count). The van der Waals surface area contributed by atoms with Crippen LogP contribution in [-0.2, 0) is 6.42 Å². The molecule has 2 N–H and O–H groups in total. The second kappa shape index (κ2) is 5.80. The molecule has 1 unspecified atom stereocenters. The molecule has 23 heavy (non-hydrogen) atoms. The van der Waals surface area contributed by atoms with Crippen LogP contribution in [0.15, 0.2) is 59.1 Å². The van der Waals surface area contributed by atoms with Crippen molar-refractivity contribution < 1.29 is 9.26 Å². The summed E-state index contributed by atoms with van der Waals surface area (Å²) in [5.41, 5.74) is 9.11. The lowest BCUT2D eigenvalue weighted by Crippen LogP contribution is -2.11. The van der Waals surface area contributed by atoms with Crippen LogP contribution in [0.5, 0.6) is 11.5 Å². The van der Waals surface area contributed by atoms with Gasteiger partial charge in [0.05, 0.1) is 5.69 Å². The van der Waals surface area contributed by atoms with E-state index in [0.717, 1.165) is 42.0 Å². The second-order valence-corrected chi connectivity index (χ2v) is 5.84. The van der Waals surface area contributed by atoms with Crippen molar-refractivity contribution in [3.8, 4) is 11.5 Å². The van der Waals surface area contributed by atoms with E-state index in [1.54, 1.807) is 0 Å². The van der Waals surface area contributed by atoms with E-state index < -0.39 is 0 Å². The average Bonchev–Trinajstić information content (AvgIpc) is 2.98. The first-order valence-electron chi connectivity index (χ1n) is 7.88. The predicted octanol–water partition coefficient (Wildman–Crippen LogP) is 4.52. The fourth-order valence-electron chi connectivity index (χ4n) is 3.22. The van der Waals surface area contributed by atoms with Crippen LogP contribution >= 0.6 is 0 Å². The predicted molar refractivity (Wildman–Crippen MR) is 88.7 cm³/mol. The number of anilines is 1. The molecule has 0 aliphatic heterocycles. The number of aromatic nitrogens is 1. The van der Waals surface area contributed by atoms with Crippen molar-refractivity contribution in [2.24, 2.45) is 0 Å². The van der Waals surface area contributed by atoms with E-state index >= 15 is 0 Å². The molecule has 1 aliphatic rings. The van der Waals surface area contributed by atoms with Crippen LogP contribution in [0.2, 0.25) is 0 Å². The molecule has 0 saturated heterocycles. The third kappa shape index (κ3) is 2.68. The normalized spacial score (nSPS) is 16.8. The summed E-state index contributed by atoms with van der Waals surface area (Å²) in [6, 6.07) is 18.0. The molecule has 2 aromatic carbocycles. The summed E-state index contributed by atoms with van der Waals surface area (Å²) in [7, 11) is 0. The maximum Gasteiger partial charge on any atom is 0.225 e. The summed E-state index contributed by atoms with van der Waals surface area (Å²) >= 11 is 0. The minimum Gasteiger partial charge on any atom is -0.457 e. The Labute approximate surface area is 134 Å². The van der Waals surface area contributed by atoms with Crippen molar-refractivity contribution in [1.82, 2.24) is 5.16 Å². The number of hydrogen-bond donors (Lipinski definition) is 1. The molecule has 0 radical (unpaired) electrons. The fourth-order valence-corrected chi connectivity index (χ4v) is 3.22. The van der Waals surface area contributed by atoms with E-state index in [0.29, 0.717) is 5.88 Å². The van der Waals surface area contributed by atoms with Crippen molar-refractivity contribution >= 4 is 5.88 Å². The molecular formula is C19H18N2O2. The van der Waals surface area contributed by atoms with Crippen molar-refractivity contribution in [3.63, 3.8) is 0 Å². The summed E-state index contributed by atoms with van der Waals surface area (Å²) < 4.78 is 11.1. The van der Waals surface area contributed by atoms with Gasteiger partial charge in [0, 0.05) is 11.5 Å². The Balaban J connectivity index is 1.64. The number of fused-ring (bicyclic) bond motifs is 1. The van der Waals surface area contributed by atoms with Crippen LogP contribution in [0.4, 0.5) is 5.88 Å². The molecule has 0 amide bonds. The summed E-state index contributed by atoms with van der Waals surface area (Å²) in [5, 5.41) is 4.19. The lowest BCUT2D eigenvalue weighted by Gasteiger charge is -2.21. The Morgan fingerprint density at radius 2 is 1.87 bits per heavy atom. The Kier molecular flexibility index (Phi) is 3.50. The quantitative estimate of drug-likeness (QED) is 0.773. The zero-order valence-electron chi connectivity index (χ0n) is 12.7. The lowest BCUT2D eigenvalue weighted by molar-refractivity contribution is 0.421. The fraction of sp³-hybridized carbons (Fsp3) is 0.211. The first-order chi connectivity index (χ1) is 11.3. The molecule has 0 bridgehead atoms. The summed E-state index contributed by atoms with van der Waals surface area (Å²) in [4.78, 5) is 0. The molecule has 0 saturated carbocycles. The van der Waals surface area contributed by atoms with Gasteiger partial charge in [-0.25, -0.2) is 0 Å². The SMILES string of the molecule is Nc1onc2c1CCCC2c1cccc(Oc2ccccc2)c1. The average molecular weight is 306 g/mol. The van der Waals surface area contributed by atoms with Crippen molar-refractivity contribution in [2.75, 3.05) is 5.73 Å². The van der Waals surface area contributed by atoms with Gasteiger partial charge in [-0.3, -0.25) is 0 Å². The summed E-state index contributed by atoms with van der Waals surface area (Å²) in [5.74, 6) is 2.34. The number of nitrogen functional groups attached to an aromatic ring is 1. The summed E-state index contributed by atoms with van der Waals surface area (Å²) in [6.07, 6.45) is 3.09. The molecule has 4 nitrogen and oxygen atoms in total. The van der Waals surface area contributed by atoms with Gasteiger partial charge in [0.2, 0.25) is 5.88 Å². The Morgan fingerprint density at radius 1 is 1.04 bits per heavy atom. The molecular weight excluding hydrogens is 288 g/mol. The van der Waals surface area contributed by atoms with Crippen LogP contribution in [0.25, 0.3) is 0 Å². The highest BCUT2D eigenvalue weighted by molar-refractivity contribution is 5.46.